The van der Waals surface area contributed by atoms with E-state index in [9.17, 15) is 20.0 Å². The Labute approximate surface area is 97.6 Å². The van der Waals surface area contributed by atoms with Gasteiger partial charge in [-0.25, -0.2) is 0 Å². The number of aromatic hydroxyl groups is 1. The molecule has 0 unspecified atom stereocenters. The minimum atomic E-state index is -0.619. The molecule has 0 bridgehead atoms. The molecule has 7 nitrogen and oxygen atoms in total. The number of nitrogens with zero attached hydrogens (tertiary/aromatic N) is 1. The van der Waals surface area contributed by atoms with Crippen molar-refractivity contribution in [2.24, 2.45) is 0 Å². The van der Waals surface area contributed by atoms with Gasteiger partial charge in [0.05, 0.1) is 16.7 Å². The normalized spacial score (nSPS) is 9.94. The van der Waals surface area contributed by atoms with E-state index < -0.39 is 4.92 Å². The van der Waals surface area contributed by atoms with E-state index in [-0.39, 0.29) is 29.5 Å². The third kappa shape index (κ3) is 3.72. The summed E-state index contributed by atoms with van der Waals surface area (Å²) in [4.78, 5) is 21.2. The Balaban J connectivity index is 2.72. The number of hydrogen-bond acceptors (Lipinski definition) is 5. The monoisotopic (exact) mass is 239 g/mol. The molecule has 3 N–H and O–H groups in total. The molecule has 0 saturated carbocycles. The van der Waals surface area contributed by atoms with E-state index in [1.54, 1.807) is 7.05 Å². The maximum absolute atomic E-state index is 11.3. The van der Waals surface area contributed by atoms with E-state index in [2.05, 4.69) is 10.6 Å². The van der Waals surface area contributed by atoms with Gasteiger partial charge in [0.25, 0.3) is 5.69 Å². The summed E-state index contributed by atoms with van der Waals surface area (Å²) in [5.41, 5.74) is -0.0626. The Morgan fingerprint density at radius 2 is 2.24 bits per heavy atom. The van der Waals surface area contributed by atoms with Crippen molar-refractivity contribution >= 4 is 17.3 Å². The number of rotatable bonds is 5. The lowest BCUT2D eigenvalue weighted by Crippen LogP contribution is -2.18. The number of hydrogen-bond donors (Lipinski definition) is 3. The highest BCUT2D eigenvalue weighted by molar-refractivity contribution is 5.92. The van der Waals surface area contributed by atoms with Crippen molar-refractivity contribution in [1.29, 1.82) is 0 Å². The quantitative estimate of drug-likeness (QED) is 0.401. The number of non-ortho nitro benzene ring substituents is 1. The van der Waals surface area contributed by atoms with E-state index in [1.165, 1.54) is 12.1 Å². The number of nitro benzene ring substituents is 1. The molecule has 0 atom stereocenters. The van der Waals surface area contributed by atoms with Gasteiger partial charge in [0.1, 0.15) is 5.75 Å². The molecule has 0 aromatic heterocycles. The van der Waals surface area contributed by atoms with Crippen molar-refractivity contribution in [2.75, 3.05) is 18.9 Å². The molecule has 0 aliphatic carbocycles. The maximum atomic E-state index is 11.3. The summed E-state index contributed by atoms with van der Waals surface area (Å²) in [5.74, 6) is -0.597. The van der Waals surface area contributed by atoms with Crippen LogP contribution in [0.2, 0.25) is 0 Å². The van der Waals surface area contributed by atoms with Gasteiger partial charge < -0.3 is 15.7 Å². The van der Waals surface area contributed by atoms with Gasteiger partial charge in [-0.3, -0.25) is 14.9 Å². The fourth-order valence-electron chi connectivity index (χ4n) is 1.19. The second-order valence-corrected chi connectivity index (χ2v) is 3.36. The summed E-state index contributed by atoms with van der Waals surface area (Å²) >= 11 is 0. The number of anilines is 1. The van der Waals surface area contributed by atoms with Gasteiger partial charge in [-0.15, -0.1) is 0 Å². The lowest BCUT2D eigenvalue weighted by atomic mass is 10.2. The van der Waals surface area contributed by atoms with Gasteiger partial charge in [-0.05, 0) is 13.1 Å². The number of phenolic OH excluding ortho intramolecular Hbond substituents is 1. The van der Waals surface area contributed by atoms with Crippen LogP contribution in [0.15, 0.2) is 18.2 Å². The van der Waals surface area contributed by atoms with Crippen molar-refractivity contribution < 1.29 is 14.8 Å². The van der Waals surface area contributed by atoms with Crippen molar-refractivity contribution in [2.45, 2.75) is 6.42 Å². The van der Waals surface area contributed by atoms with E-state index in [0.717, 1.165) is 6.07 Å². The summed E-state index contributed by atoms with van der Waals surface area (Å²) in [6.07, 6.45) is 0.257. The van der Waals surface area contributed by atoms with E-state index in [4.69, 9.17) is 0 Å². The van der Waals surface area contributed by atoms with Crippen LogP contribution in [0.3, 0.4) is 0 Å². The number of carbonyl (C=O) groups is 1. The smallest absolute Gasteiger partial charge is 0.273 e. The summed E-state index contributed by atoms with van der Waals surface area (Å²) < 4.78 is 0. The Hall–Kier alpha value is -2.15. The molecule has 17 heavy (non-hydrogen) atoms. The zero-order chi connectivity index (χ0) is 12.8. The first-order chi connectivity index (χ1) is 8.04. The number of amides is 1. The largest absolute Gasteiger partial charge is 0.506 e. The first-order valence-electron chi connectivity index (χ1n) is 4.96. The van der Waals surface area contributed by atoms with Crippen molar-refractivity contribution in [3.8, 4) is 5.75 Å². The average Bonchev–Trinajstić information content (AvgIpc) is 2.28. The Kier molecular flexibility index (Phi) is 4.41. The molecule has 1 aromatic carbocycles. The fourth-order valence-corrected chi connectivity index (χ4v) is 1.19. The number of carbonyl (C=O) groups excluding carboxylic acids is 1. The molecule has 0 radical (unpaired) electrons. The van der Waals surface area contributed by atoms with Crippen LogP contribution in [0.4, 0.5) is 11.4 Å². The van der Waals surface area contributed by atoms with Crippen LogP contribution in [-0.2, 0) is 4.79 Å². The minimum absolute atomic E-state index is 0.164. The third-order valence-electron chi connectivity index (χ3n) is 2.07. The summed E-state index contributed by atoms with van der Waals surface area (Å²) in [6.45, 7) is 0.513. The number of nitro groups is 1. The van der Waals surface area contributed by atoms with Crippen molar-refractivity contribution in [3.63, 3.8) is 0 Å². The van der Waals surface area contributed by atoms with E-state index in [0.29, 0.717) is 6.54 Å². The molecule has 7 heteroatoms. The number of nitrogens with one attached hydrogen (secondary N) is 2. The molecule has 0 heterocycles. The highest BCUT2D eigenvalue weighted by atomic mass is 16.6. The Morgan fingerprint density at radius 3 is 2.76 bits per heavy atom. The molecule has 1 rings (SSSR count). The first-order valence-corrected chi connectivity index (χ1v) is 4.96. The van der Waals surface area contributed by atoms with Gasteiger partial charge >= 0.3 is 0 Å². The Bertz CT molecular complexity index is 434. The number of phenols is 1. The number of benzene rings is 1. The highest BCUT2D eigenvalue weighted by Crippen LogP contribution is 2.27. The summed E-state index contributed by atoms with van der Waals surface area (Å²) in [5, 5.41) is 25.2. The van der Waals surface area contributed by atoms with Crippen LogP contribution < -0.4 is 10.6 Å². The summed E-state index contributed by atoms with van der Waals surface area (Å²) in [7, 11) is 1.72. The average molecular weight is 239 g/mol. The van der Waals surface area contributed by atoms with Crippen LogP contribution in [0, 0.1) is 10.1 Å². The van der Waals surface area contributed by atoms with Crippen LogP contribution in [-0.4, -0.2) is 29.5 Å². The lowest BCUT2D eigenvalue weighted by Gasteiger charge is -2.06. The second-order valence-electron chi connectivity index (χ2n) is 3.36. The molecular formula is C10H13N3O4. The molecule has 92 valence electrons. The van der Waals surface area contributed by atoms with Gasteiger partial charge in [0.15, 0.2) is 0 Å². The second kappa shape index (κ2) is 5.80. The molecule has 0 aliphatic heterocycles. The van der Waals surface area contributed by atoms with Gasteiger partial charge in [-0.1, -0.05) is 0 Å². The van der Waals surface area contributed by atoms with Crippen LogP contribution in [0.25, 0.3) is 0 Å². The zero-order valence-electron chi connectivity index (χ0n) is 9.27. The predicted octanol–water partition coefficient (Wildman–Crippen LogP) is 0.848. The van der Waals surface area contributed by atoms with Crippen LogP contribution in [0.1, 0.15) is 6.42 Å². The Morgan fingerprint density at radius 1 is 1.53 bits per heavy atom. The van der Waals surface area contributed by atoms with Gasteiger partial charge in [-0.2, -0.15) is 0 Å². The molecule has 0 spiro atoms. The molecule has 0 aliphatic rings. The molecular weight excluding hydrogens is 226 g/mol. The van der Waals surface area contributed by atoms with Crippen molar-refractivity contribution in [3.05, 3.63) is 28.3 Å². The van der Waals surface area contributed by atoms with E-state index >= 15 is 0 Å². The SMILES string of the molecule is CNCCC(=O)Nc1ccc([N+](=O)[O-])cc1O. The summed E-state index contributed by atoms with van der Waals surface area (Å²) in [6, 6.07) is 3.51. The topological polar surface area (TPSA) is 104 Å². The third-order valence-corrected chi connectivity index (χ3v) is 2.07. The van der Waals surface area contributed by atoms with E-state index in [1.807, 2.05) is 0 Å². The minimum Gasteiger partial charge on any atom is -0.506 e. The molecule has 1 amide bonds. The van der Waals surface area contributed by atoms with Crippen LogP contribution in [0.5, 0.6) is 5.75 Å². The highest BCUT2D eigenvalue weighted by Gasteiger charge is 2.11. The molecule has 0 saturated heterocycles. The van der Waals surface area contributed by atoms with Gasteiger partial charge in [0.2, 0.25) is 5.91 Å². The van der Waals surface area contributed by atoms with Crippen LogP contribution >= 0.6 is 0 Å². The fraction of sp³-hybridized carbons (Fsp3) is 0.300. The lowest BCUT2D eigenvalue weighted by molar-refractivity contribution is -0.384. The standard InChI is InChI=1S/C10H13N3O4/c1-11-5-4-10(15)12-8-3-2-7(13(16)17)6-9(8)14/h2-3,6,11,14H,4-5H2,1H3,(H,12,15). The maximum Gasteiger partial charge on any atom is 0.273 e. The van der Waals surface area contributed by atoms with Gasteiger partial charge in [0, 0.05) is 19.0 Å². The zero-order valence-corrected chi connectivity index (χ0v) is 9.27. The molecule has 1 aromatic rings. The van der Waals surface area contributed by atoms with Crippen molar-refractivity contribution in [1.82, 2.24) is 5.32 Å². The first kappa shape index (κ1) is 12.9. The predicted molar refractivity (Wildman–Crippen MR) is 61.9 cm³/mol. The molecule has 0 fully saturated rings.